The van der Waals surface area contributed by atoms with Gasteiger partial charge in [-0.05, 0) is 45.2 Å². The zero-order valence-corrected chi connectivity index (χ0v) is 12.8. The minimum atomic E-state index is 0.117. The molecule has 0 spiro atoms. The van der Waals surface area contributed by atoms with Gasteiger partial charge in [0, 0.05) is 16.4 Å². The van der Waals surface area contributed by atoms with Gasteiger partial charge in [0.15, 0.2) is 5.13 Å². The molecular formula is C16H18N2OS. The quantitative estimate of drug-likeness (QED) is 0.923. The Bertz CT molecular complexity index is 671. The van der Waals surface area contributed by atoms with Crippen LogP contribution in [0.5, 0.6) is 0 Å². The number of anilines is 1. The highest BCUT2D eigenvalue weighted by molar-refractivity contribution is 7.16. The molecular weight excluding hydrogens is 268 g/mol. The molecule has 1 aromatic heterocycles. The molecule has 104 valence electrons. The van der Waals surface area contributed by atoms with Crippen LogP contribution < -0.4 is 5.32 Å². The predicted octanol–water partition coefficient (Wildman–Crippen LogP) is 4.08. The maximum atomic E-state index is 11.8. The van der Waals surface area contributed by atoms with Crippen molar-refractivity contribution in [1.29, 1.82) is 0 Å². The van der Waals surface area contributed by atoms with E-state index in [2.05, 4.69) is 49.3 Å². The van der Waals surface area contributed by atoms with Gasteiger partial charge in [-0.1, -0.05) is 17.7 Å². The van der Waals surface area contributed by atoms with Crippen LogP contribution in [0.3, 0.4) is 0 Å². The minimum Gasteiger partial charge on any atom is -0.302 e. The van der Waals surface area contributed by atoms with Crippen LogP contribution in [0.15, 0.2) is 18.2 Å². The maximum absolute atomic E-state index is 11.8. The number of nitrogens with one attached hydrogen (secondary N) is 1. The highest BCUT2D eigenvalue weighted by atomic mass is 32.1. The molecule has 1 saturated carbocycles. The van der Waals surface area contributed by atoms with Crippen molar-refractivity contribution in [3.05, 3.63) is 34.2 Å². The number of aromatic nitrogens is 1. The van der Waals surface area contributed by atoms with E-state index in [1.54, 1.807) is 11.3 Å². The topological polar surface area (TPSA) is 42.0 Å². The van der Waals surface area contributed by atoms with E-state index in [4.69, 9.17) is 0 Å². The van der Waals surface area contributed by atoms with Gasteiger partial charge >= 0.3 is 0 Å². The van der Waals surface area contributed by atoms with Crippen LogP contribution in [0.25, 0.3) is 11.3 Å². The van der Waals surface area contributed by atoms with Crippen LogP contribution in [0, 0.1) is 26.7 Å². The molecule has 4 heteroatoms. The van der Waals surface area contributed by atoms with Gasteiger partial charge in [-0.25, -0.2) is 4.98 Å². The number of thiazole rings is 1. The summed E-state index contributed by atoms with van der Waals surface area (Å²) in [7, 11) is 0. The largest absolute Gasteiger partial charge is 0.302 e. The van der Waals surface area contributed by atoms with E-state index in [9.17, 15) is 4.79 Å². The van der Waals surface area contributed by atoms with Crippen LogP contribution >= 0.6 is 11.3 Å². The highest BCUT2D eigenvalue weighted by Crippen LogP contribution is 2.35. The van der Waals surface area contributed by atoms with Crippen LogP contribution in [0.4, 0.5) is 5.13 Å². The van der Waals surface area contributed by atoms with E-state index >= 15 is 0 Å². The molecule has 1 amide bonds. The van der Waals surface area contributed by atoms with Crippen molar-refractivity contribution in [3.63, 3.8) is 0 Å². The van der Waals surface area contributed by atoms with Crippen molar-refractivity contribution in [2.75, 3.05) is 5.32 Å². The van der Waals surface area contributed by atoms with Crippen LogP contribution in [-0.2, 0) is 4.79 Å². The van der Waals surface area contributed by atoms with Gasteiger partial charge in [-0.3, -0.25) is 4.79 Å². The normalized spacial score (nSPS) is 14.3. The van der Waals surface area contributed by atoms with E-state index in [-0.39, 0.29) is 11.8 Å². The Hall–Kier alpha value is -1.68. The van der Waals surface area contributed by atoms with E-state index in [0.717, 1.165) is 34.1 Å². The van der Waals surface area contributed by atoms with Gasteiger partial charge in [-0.15, -0.1) is 11.3 Å². The Morgan fingerprint density at radius 1 is 1.30 bits per heavy atom. The zero-order valence-electron chi connectivity index (χ0n) is 12.0. The highest BCUT2D eigenvalue weighted by Gasteiger charge is 2.30. The van der Waals surface area contributed by atoms with Gasteiger partial charge in [0.2, 0.25) is 5.91 Å². The molecule has 1 heterocycles. The Morgan fingerprint density at radius 2 is 2.05 bits per heavy atom. The Balaban J connectivity index is 1.91. The van der Waals surface area contributed by atoms with E-state index < -0.39 is 0 Å². The number of rotatable bonds is 3. The van der Waals surface area contributed by atoms with Crippen molar-refractivity contribution in [3.8, 4) is 11.3 Å². The Kier molecular flexibility index (Phi) is 3.34. The fraction of sp³-hybridized carbons (Fsp3) is 0.375. The maximum Gasteiger partial charge on any atom is 0.229 e. The average molecular weight is 286 g/mol. The predicted molar refractivity (Wildman–Crippen MR) is 83.1 cm³/mol. The van der Waals surface area contributed by atoms with E-state index in [0.29, 0.717) is 0 Å². The second-order valence-corrected chi connectivity index (χ2v) is 6.71. The van der Waals surface area contributed by atoms with Gasteiger partial charge < -0.3 is 5.32 Å². The number of amides is 1. The first kappa shape index (κ1) is 13.3. The lowest BCUT2D eigenvalue weighted by molar-refractivity contribution is -0.117. The third kappa shape index (κ3) is 2.61. The summed E-state index contributed by atoms with van der Waals surface area (Å²) in [6.45, 7) is 6.23. The smallest absolute Gasteiger partial charge is 0.229 e. The summed E-state index contributed by atoms with van der Waals surface area (Å²) < 4.78 is 0. The van der Waals surface area contributed by atoms with Crippen LogP contribution in [0.1, 0.15) is 28.8 Å². The first-order valence-electron chi connectivity index (χ1n) is 6.90. The van der Waals surface area contributed by atoms with Gasteiger partial charge in [0.25, 0.3) is 0 Å². The fourth-order valence-corrected chi connectivity index (χ4v) is 3.07. The lowest BCUT2D eigenvalue weighted by Gasteiger charge is -2.05. The van der Waals surface area contributed by atoms with E-state index in [1.807, 2.05) is 0 Å². The van der Waals surface area contributed by atoms with Gasteiger partial charge in [-0.2, -0.15) is 0 Å². The standard InChI is InChI=1S/C16H18N2OS/c1-9-4-5-10(2)13(8-9)14-11(3)20-16(17-14)18-15(19)12-6-7-12/h4-5,8,12H,6-7H2,1-3H3,(H,17,18,19). The molecule has 1 aromatic carbocycles. The molecule has 0 saturated heterocycles. The summed E-state index contributed by atoms with van der Waals surface area (Å²) in [6.07, 6.45) is 2.03. The molecule has 2 aromatic rings. The summed E-state index contributed by atoms with van der Waals surface area (Å²) in [6, 6.07) is 6.38. The lowest BCUT2D eigenvalue weighted by Crippen LogP contribution is -2.12. The zero-order chi connectivity index (χ0) is 14.3. The molecule has 0 bridgehead atoms. The number of benzene rings is 1. The first-order chi connectivity index (χ1) is 9.54. The van der Waals surface area contributed by atoms with Crippen molar-refractivity contribution >= 4 is 22.4 Å². The van der Waals surface area contributed by atoms with Crippen molar-refractivity contribution < 1.29 is 4.79 Å². The number of carbonyl (C=O) groups excluding carboxylic acids is 1. The average Bonchev–Trinajstić information content (AvgIpc) is 3.18. The number of hydrogen-bond acceptors (Lipinski definition) is 3. The monoisotopic (exact) mass is 286 g/mol. The number of nitrogens with zero attached hydrogens (tertiary/aromatic N) is 1. The second-order valence-electron chi connectivity index (χ2n) is 5.51. The molecule has 0 atom stereocenters. The lowest BCUT2D eigenvalue weighted by atomic mass is 10.0. The number of aryl methyl sites for hydroxylation is 3. The van der Waals surface area contributed by atoms with Crippen molar-refractivity contribution in [2.45, 2.75) is 33.6 Å². The van der Waals surface area contributed by atoms with Crippen LogP contribution in [0.2, 0.25) is 0 Å². The summed E-state index contributed by atoms with van der Waals surface area (Å²) in [5.74, 6) is 0.328. The minimum absolute atomic E-state index is 0.117. The SMILES string of the molecule is Cc1ccc(C)c(-c2nc(NC(=O)C3CC3)sc2C)c1. The molecule has 3 rings (SSSR count). The first-order valence-corrected chi connectivity index (χ1v) is 7.72. The molecule has 0 radical (unpaired) electrons. The Labute approximate surface area is 123 Å². The van der Waals surface area contributed by atoms with Gasteiger partial charge in [0.05, 0.1) is 5.69 Å². The summed E-state index contributed by atoms with van der Waals surface area (Å²) in [5.41, 5.74) is 4.58. The third-order valence-corrected chi connectivity index (χ3v) is 4.51. The Morgan fingerprint density at radius 3 is 2.75 bits per heavy atom. The molecule has 1 fully saturated rings. The van der Waals surface area contributed by atoms with Crippen molar-refractivity contribution in [1.82, 2.24) is 4.98 Å². The third-order valence-electron chi connectivity index (χ3n) is 3.62. The van der Waals surface area contributed by atoms with Crippen LogP contribution in [-0.4, -0.2) is 10.9 Å². The second kappa shape index (κ2) is 5.02. The van der Waals surface area contributed by atoms with Crippen molar-refractivity contribution in [2.24, 2.45) is 5.92 Å². The molecule has 0 unspecified atom stereocenters. The number of hydrogen-bond donors (Lipinski definition) is 1. The molecule has 0 aliphatic heterocycles. The fourth-order valence-electron chi connectivity index (χ4n) is 2.24. The summed E-state index contributed by atoms with van der Waals surface area (Å²) in [4.78, 5) is 17.6. The van der Waals surface area contributed by atoms with E-state index in [1.165, 1.54) is 11.1 Å². The summed E-state index contributed by atoms with van der Waals surface area (Å²) in [5, 5.41) is 3.66. The molecule has 1 N–H and O–H groups in total. The molecule has 3 nitrogen and oxygen atoms in total. The molecule has 1 aliphatic rings. The molecule has 20 heavy (non-hydrogen) atoms. The summed E-state index contributed by atoms with van der Waals surface area (Å²) >= 11 is 1.55. The van der Waals surface area contributed by atoms with Gasteiger partial charge in [0.1, 0.15) is 0 Å². The molecule has 1 aliphatic carbocycles. The number of carbonyl (C=O) groups is 1.